The number of alkyl halides is 3. The first-order valence-corrected chi connectivity index (χ1v) is 9.12. The Labute approximate surface area is 134 Å². The summed E-state index contributed by atoms with van der Waals surface area (Å²) >= 11 is 0. The molecule has 1 aromatic rings. The molecule has 23 heavy (non-hydrogen) atoms. The smallest absolute Gasteiger partial charge is 0.357 e. The molecule has 5 nitrogen and oxygen atoms in total. The van der Waals surface area contributed by atoms with Gasteiger partial charge in [-0.05, 0) is 30.9 Å². The van der Waals surface area contributed by atoms with E-state index < -0.39 is 21.9 Å². The minimum atomic E-state index is -4.45. The van der Waals surface area contributed by atoms with Crippen LogP contribution in [0.4, 0.5) is 19.0 Å². The highest BCUT2D eigenvalue weighted by Crippen LogP contribution is 2.30. The van der Waals surface area contributed by atoms with E-state index in [0.29, 0.717) is 25.5 Å². The lowest BCUT2D eigenvalue weighted by molar-refractivity contribution is -0.141. The fourth-order valence-corrected chi connectivity index (χ4v) is 3.08. The van der Waals surface area contributed by atoms with Crippen molar-refractivity contribution in [3.63, 3.8) is 0 Å². The Morgan fingerprint density at radius 1 is 1.30 bits per heavy atom. The summed E-state index contributed by atoms with van der Waals surface area (Å²) in [6.07, 6.45) is -1.85. The SMILES string of the molecule is CN(CC1CCN(c2cccc(C(F)(F)F)n2)CC1)S(C)(=O)=O. The molecule has 0 saturated carbocycles. The zero-order valence-electron chi connectivity index (χ0n) is 13.0. The van der Waals surface area contributed by atoms with Gasteiger partial charge in [-0.3, -0.25) is 0 Å². The lowest BCUT2D eigenvalue weighted by atomic mass is 9.97. The van der Waals surface area contributed by atoms with Crippen LogP contribution in [-0.4, -0.2) is 50.6 Å². The fourth-order valence-electron chi connectivity index (χ4n) is 2.60. The van der Waals surface area contributed by atoms with Gasteiger partial charge in [-0.15, -0.1) is 0 Å². The van der Waals surface area contributed by atoms with Crippen molar-refractivity contribution in [2.45, 2.75) is 19.0 Å². The van der Waals surface area contributed by atoms with Crippen molar-refractivity contribution < 1.29 is 21.6 Å². The topological polar surface area (TPSA) is 53.5 Å². The van der Waals surface area contributed by atoms with Crippen molar-refractivity contribution in [1.29, 1.82) is 0 Å². The molecule has 1 aromatic heterocycles. The monoisotopic (exact) mass is 351 g/mol. The predicted molar refractivity (Wildman–Crippen MR) is 81.6 cm³/mol. The van der Waals surface area contributed by atoms with Crippen LogP contribution in [0.15, 0.2) is 18.2 Å². The Kier molecular flexibility index (Phi) is 5.20. The Morgan fingerprint density at radius 2 is 1.91 bits per heavy atom. The molecule has 0 aliphatic carbocycles. The van der Waals surface area contributed by atoms with Gasteiger partial charge in [-0.25, -0.2) is 17.7 Å². The van der Waals surface area contributed by atoms with Crippen molar-refractivity contribution in [1.82, 2.24) is 9.29 Å². The highest BCUT2D eigenvalue weighted by molar-refractivity contribution is 7.88. The Morgan fingerprint density at radius 3 is 2.43 bits per heavy atom. The first-order chi connectivity index (χ1) is 10.6. The molecule has 2 rings (SSSR count). The van der Waals surface area contributed by atoms with E-state index in [-0.39, 0.29) is 5.92 Å². The van der Waals surface area contributed by atoms with Gasteiger partial charge in [-0.2, -0.15) is 13.2 Å². The van der Waals surface area contributed by atoms with Crippen LogP contribution in [0.1, 0.15) is 18.5 Å². The van der Waals surface area contributed by atoms with Crippen LogP contribution in [0.25, 0.3) is 0 Å². The molecule has 0 N–H and O–H groups in total. The van der Waals surface area contributed by atoms with Gasteiger partial charge in [0.2, 0.25) is 10.0 Å². The van der Waals surface area contributed by atoms with Crippen molar-refractivity contribution >= 4 is 15.8 Å². The minimum absolute atomic E-state index is 0.205. The number of anilines is 1. The number of hydrogen-bond acceptors (Lipinski definition) is 4. The van der Waals surface area contributed by atoms with Gasteiger partial charge in [0, 0.05) is 26.7 Å². The number of rotatable bonds is 4. The zero-order chi connectivity index (χ0) is 17.3. The summed E-state index contributed by atoms with van der Waals surface area (Å²) in [6, 6.07) is 3.88. The van der Waals surface area contributed by atoms with Gasteiger partial charge >= 0.3 is 6.18 Å². The van der Waals surface area contributed by atoms with Crippen molar-refractivity contribution in [2.24, 2.45) is 5.92 Å². The quantitative estimate of drug-likeness (QED) is 0.835. The molecular formula is C14H20F3N3O2S. The largest absolute Gasteiger partial charge is 0.433 e. The highest BCUT2D eigenvalue weighted by atomic mass is 32.2. The van der Waals surface area contributed by atoms with E-state index in [1.807, 2.05) is 4.90 Å². The predicted octanol–water partition coefficient (Wildman–Crippen LogP) is 2.21. The molecule has 0 aromatic carbocycles. The maximum atomic E-state index is 12.7. The third-order valence-electron chi connectivity index (χ3n) is 4.04. The first-order valence-electron chi connectivity index (χ1n) is 7.28. The lowest BCUT2D eigenvalue weighted by Gasteiger charge is -2.34. The second-order valence-corrected chi connectivity index (χ2v) is 7.94. The standard InChI is InChI=1S/C14H20F3N3O2S/c1-19(23(2,21)22)10-11-6-8-20(9-7-11)13-5-3-4-12(18-13)14(15,16)17/h3-5,11H,6-10H2,1-2H3. The summed E-state index contributed by atoms with van der Waals surface area (Å²) in [5.74, 6) is 0.520. The number of halogens is 3. The van der Waals surface area contributed by atoms with Gasteiger partial charge in [-0.1, -0.05) is 6.07 Å². The molecule has 9 heteroatoms. The number of aromatic nitrogens is 1. The van der Waals surface area contributed by atoms with Crippen LogP contribution in [-0.2, 0) is 16.2 Å². The van der Waals surface area contributed by atoms with Gasteiger partial charge in [0.05, 0.1) is 6.26 Å². The minimum Gasteiger partial charge on any atom is -0.357 e. The highest BCUT2D eigenvalue weighted by Gasteiger charge is 2.33. The van der Waals surface area contributed by atoms with Gasteiger partial charge < -0.3 is 4.90 Å². The van der Waals surface area contributed by atoms with Crippen molar-refractivity contribution in [3.8, 4) is 0 Å². The number of piperidine rings is 1. The number of hydrogen-bond donors (Lipinski definition) is 0. The molecule has 0 amide bonds. The van der Waals surface area contributed by atoms with Crippen LogP contribution in [0.2, 0.25) is 0 Å². The van der Waals surface area contributed by atoms with Crippen LogP contribution < -0.4 is 4.90 Å². The van der Waals surface area contributed by atoms with Gasteiger partial charge in [0.1, 0.15) is 11.5 Å². The normalized spacial score (nSPS) is 17.7. The summed E-state index contributed by atoms with van der Waals surface area (Å²) < 4.78 is 62.3. The molecule has 1 saturated heterocycles. The zero-order valence-corrected chi connectivity index (χ0v) is 13.9. The number of pyridine rings is 1. The molecule has 1 fully saturated rings. The molecule has 1 aliphatic rings. The Hall–Kier alpha value is -1.35. The molecule has 0 spiro atoms. The van der Waals surface area contributed by atoms with E-state index in [2.05, 4.69) is 4.98 Å². The van der Waals surface area contributed by atoms with E-state index in [0.717, 1.165) is 25.2 Å². The summed E-state index contributed by atoms with van der Waals surface area (Å²) in [6.45, 7) is 1.57. The molecular weight excluding hydrogens is 331 g/mol. The fraction of sp³-hybridized carbons (Fsp3) is 0.643. The molecule has 0 radical (unpaired) electrons. The third kappa shape index (κ3) is 4.81. The van der Waals surface area contributed by atoms with E-state index in [1.165, 1.54) is 17.4 Å². The summed E-state index contributed by atoms with van der Waals surface area (Å²) in [4.78, 5) is 5.50. The average molecular weight is 351 g/mol. The first kappa shape index (κ1) is 18.0. The van der Waals surface area contributed by atoms with E-state index in [4.69, 9.17) is 0 Å². The molecule has 130 valence electrons. The average Bonchev–Trinajstić information content (AvgIpc) is 2.46. The van der Waals surface area contributed by atoms with Gasteiger partial charge in [0.25, 0.3) is 0 Å². The van der Waals surface area contributed by atoms with E-state index in [9.17, 15) is 21.6 Å². The molecule has 2 heterocycles. The third-order valence-corrected chi connectivity index (χ3v) is 5.33. The Bertz CT molecular complexity index is 641. The van der Waals surface area contributed by atoms with Crippen LogP contribution in [0, 0.1) is 5.92 Å². The van der Waals surface area contributed by atoms with Crippen LogP contribution in [0.5, 0.6) is 0 Å². The van der Waals surface area contributed by atoms with Crippen LogP contribution >= 0.6 is 0 Å². The second kappa shape index (κ2) is 6.64. The maximum Gasteiger partial charge on any atom is 0.433 e. The summed E-state index contributed by atoms with van der Waals surface area (Å²) in [5, 5.41) is 0. The number of nitrogens with zero attached hydrogens (tertiary/aromatic N) is 3. The molecule has 1 aliphatic heterocycles. The molecule has 0 atom stereocenters. The maximum absolute atomic E-state index is 12.7. The number of sulfonamides is 1. The Balaban J connectivity index is 1.97. The van der Waals surface area contributed by atoms with Crippen LogP contribution in [0.3, 0.4) is 0 Å². The van der Waals surface area contributed by atoms with Crippen molar-refractivity contribution in [3.05, 3.63) is 23.9 Å². The van der Waals surface area contributed by atoms with Crippen molar-refractivity contribution in [2.75, 3.05) is 37.8 Å². The lowest BCUT2D eigenvalue weighted by Crippen LogP contribution is -2.39. The molecule has 0 bridgehead atoms. The summed E-state index contributed by atoms with van der Waals surface area (Å²) in [7, 11) is -1.67. The van der Waals surface area contributed by atoms with E-state index >= 15 is 0 Å². The van der Waals surface area contributed by atoms with Gasteiger partial charge in [0.15, 0.2) is 0 Å². The second-order valence-electron chi connectivity index (χ2n) is 5.85. The van der Waals surface area contributed by atoms with E-state index in [1.54, 1.807) is 6.07 Å². The summed E-state index contributed by atoms with van der Waals surface area (Å²) in [5.41, 5.74) is -0.895. The molecule has 0 unspecified atom stereocenters.